The molecular formula is C16H13NO4. The van der Waals surface area contributed by atoms with E-state index >= 15 is 0 Å². The second kappa shape index (κ2) is 4.94. The molecule has 0 unspecified atom stereocenters. The number of hydrogen-bond donors (Lipinski definition) is 3. The Morgan fingerprint density at radius 2 is 1.71 bits per heavy atom. The van der Waals surface area contributed by atoms with Crippen LogP contribution in [0.2, 0.25) is 0 Å². The number of imide groups is 1. The molecule has 0 fully saturated rings. The summed E-state index contributed by atoms with van der Waals surface area (Å²) in [5, 5.41) is 21.5. The molecule has 3 rings (SSSR count). The molecule has 1 aliphatic carbocycles. The lowest BCUT2D eigenvalue weighted by atomic mass is 9.87. The fourth-order valence-corrected chi connectivity index (χ4v) is 2.48. The molecule has 1 heterocycles. The standard InChI is InChI=1S/C16H13NO4/c18-11-3-1-9(2-4-11)5-10-6-13-12(14(19)7-10)8-15(20)17-16(13)21/h1-5,7,18-19H,6,8H2,(H,17,20,21). The van der Waals surface area contributed by atoms with E-state index in [1.54, 1.807) is 30.3 Å². The zero-order chi connectivity index (χ0) is 15.0. The number of hydrogen-bond acceptors (Lipinski definition) is 4. The summed E-state index contributed by atoms with van der Waals surface area (Å²) < 4.78 is 0. The van der Waals surface area contributed by atoms with Crippen molar-refractivity contribution >= 4 is 17.9 Å². The highest BCUT2D eigenvalue weighted by Crippen LogP contribution is 2.32. The maximum Gasteiger partial charge on any atom is 0.254 e. The van der Waals surface area contributed by atoms with Crippen molar-refractivity contribution in [2.75, 3.05) is 0 Å². The third-order valence-corrected chi connectivity index (χ3v) is 3.49. The summed E-state index contributed by atoms with van der Waals surface area (Å²) >= 11 is 0. The number of nitrogens with one attached hydrogen (secondary N) is 1. The summed E-state index contributed by atoms with van der Waals surface area (Å²) in [6, 6.07) is 6.61. The van der Waals surface area contributed by atoms with Gasteiger partial charge in [-0.2, -0.15) is 0 Å². The number of allylic oxidation sites excluding steroid dienone is 3. The van der Waals surface area contributed by atoms with E-state index in [0.717, 1.165) is 11.1 Å². The van der Waals surface area contributed by atoms with E-state index in [2.05, 4.69) is 5.32 Å². The molecule has 1 aliphatic heterocycles. The van der Waals surface area contributed by atoms with Crippen molar-refractivity contribution in [1.29, 1.82) is 0 Å². The normalized spacial score (nSPS) is 20.2. The van der Waals surface area contributed by atoms with Crippen LogP contribution < -0.4 is 5.32 Å². The van der Waals surface area contributed by atoms with Crippen LogP contribution in [0.15, 0.2) is 52.8 Å². The van der Waals surface area contributed by atoms with Gasteiger partial charge in [0.05, 0.1) is 6.42 Å². The van der Waals surface area contributed by atoms with Crippen molar-refractivity contribution in [2.45, 2.75) is 12.8 Å². The van der Waals surface area contributed by atoms with Crippen LogP contribution in [0.5, 0.6) is 5.75 Å². The number of carbonyl (C=O) groups is 2. The Hall–Kier alpha value is -2.82. The summed E-state index contributed by atoms with van der Waals surface area (Å²) in [5.41, 5.74) is 2.45. The molecule has 1 aromatic rings. The van der Waals surface area contributed by atoms with Gasteiger partial charge in [0.2, 0.25) is 5.91 Å². The Morgan fingerprint density at radius 1 is 1.00 bits per heavy atom. The van der Waals surface area contributed by atoms with Crippen LogP contribution in [0.4, 0.5) is 0 Å². The number of phenolic OH excluding ortho intramolecular Hbond substituents is 1. The average molecular weight is 283 g/mol. The number of aromatic hydroxyl groups is 1. The minimum Gasteiger partial charge on any atom is -0.508 e. The molecule has 106 valence electrons. The van der Waals surface area contributed by atoms with Gasteiger partial charge in [0.25, 0.3) is 5.91 Å². The molecule has 0 saturated carbocycles. The molecule has 2 aliphatic rings. The molecule has 21 heavy (non-hydrogen) atoms. The van der Waals surface area contributed by atoms with E-state index in [1.807, 2.05) is 6.08 Å². The highest BCUT2D eigenvalue weighted by atomic mass is 16.3. The molecule has 0 spiro atoms. The predicted octanol–water partition coefficient (Wildman–Crippen LogP) is 1.96. The predicted molar refractivity (Wildman–Crippen MR) is 76.2 cm³/mol. The first-order chi connectivity index (χ1) is 10.0. The third-order valence-electron chi connectivity index (χ3n) is 3.49. The van der Waals surface area contributed by atoms with Crippen LogP contribution in [0, 0.1) is 0 Å². The first kappa shape index (κ1) is 13.2. The minimum absolute atomic E-state index is 0.0237. The number of amides is 2. The molecule has 0 aromatic heterocycles. The van der Waals surface area contributed by atoms with E-state index < -0.39 is 11.8 Å². The van der Waals surface area contributed by atoms with Crippen LogP contribution in [0.3, 0.4) is 0 Å². The van der Waals surface area contributed by atoms with Crippen LogP contribution in [-0.2, 0) is 9.59 Å². The largest absolute Gasteiger partial charge is 0.508 e. The highest BCUT2D eigenvalue weighted by Gasteiger charge is 2.30. The molecule has 3 N–H and O–H groups in total. The second-order valence-corrected chi connectivity index (χ2v) is 5.03. The summed E-state index contributed by atoms with van der Waals surface area (Å²) in [6.45, 7) is 0. The molecule has 0 saturated heterocycles. The van der Waals surface area contributed by atoms with E-state index in [1.165, 1.54) is 0 Å². The van der Waals surface area contributed by atoms with Gasteiger partial charge in [0.1, 0.15) is 11.5 Å². The molecule has 5 heteroatoms. The number of aliphatic hydroxyl groups is 1. The lowest BCUT2D eigenvalue weighted by molar-refractivity contribution is -0.129. The van der Waals surface area contributed by atoms with Crippen molar-refractivity contribution < 1.29 is 19.8 Å². The summed E-state index contributed by atoms with van der Waals surface area (Å²) in [4.78, 5) is 23.2. The number of aliphatic hydroxyl groups excluding tert-OH is 1. The van der Waals surface area contributed by atoms with Crippen LogP contribution in [0.25, 0.3) is 6.08 Å². The van der Waals surface area contributed by atoms with Crippen molar-refractivity contribution in [2.24, 2.45) is 0 Å². The van der Waals surface area contributed by atoms with E-state index in [0.29, 0.717) is 17.6 Å². The molecule has 0 atom stereocenters. The highest BCUT2D eigenvalue weighted by molar-refractivity contribution is 6.09. The smallest absolute Gasteiger partial charge is 0.254 e. The van der Waals surface area contributed by atoms with Gasteiger partial charge in [-0.3, -0.25) is 14.9 Å². The number of benzene rings is 1. The van der Waals surface area contributed by atoms with Gasteiger partial charge in [-0.15, -0.1) is 0 Å². The Morgan fingerprint density at radius 3 is 2.43 bits per heavy atom. The first-order valence-corrected chi connectivity index (χ1v) is 6.50. The topological polar surface area (TPSA) is 86.6 Å². The van der Waals surface area contributed by atoms with Gasteiger partial charge in [-0.25, -0.2) is 0 Å². The Bertz CT molecular complexity index is 723. The number of rotatable bonds is 1. The first-order valence-electron chi connectivity index (χ1n) is 6.50. The van der Waals surface area contributed by atoms with Crippen LogP contribution in [0.1, 0.15) is 18.4 Å². The second-order valence-electron chi connectivity index (χ2n) is 5.03. The Labute approximate surface area is 120 Å². The molecule has 1 aromatic carbocycles. The summed E-state index contributed by atoms with van der Waals surface area (Å²) in [6.07, 6.45) is 3.77. The van der Waals surface area contributed by atoms with Crippen molar-refractivity contribution in [3.8, 4) is 5.75 Å². The van der Waals surface area contributed by atoms with E-state index in [-0.39, 0.29) is 17.9 Å². The van der Waals surface area contributed by atoms with Crippen LogP contribution >= 0.6 is 0 Å². The van der Waals surface area contributed by atoms with Gasteiger partial charge in [0.15, 0.2) is 0 Å². The lowest BCUT2D eigenvalue weighted by Gasteiger charge is -2.23. The van der Waals surface area contributed by atoms with Gasteiger partial charge in [-0.1, -0.05) is 18.2 Å². The van der Waals surface area contributed by atoms with Gasteiger partial charge in [0, 0.05) is 17.6 Å². The summed E-state index contributed by atoms with van der Waals surface area (Å²) in [5.74, 6) is -0.707. The zero-order valence-corrected chi connectivity index (χ0v) is 11.1. The monoisotopic (exact) mass is 283 g/mol. The van der Waals surface area contributed by atoms with Crippen molar-refractivity contribution in [1.82, 2.24) is 5.32 Å². The Balaban J connectivity index is 1.94. The van der Waals surface area contributed by atoms with Crippen LogP contribution in [-0.4, -0.2) is 22.0 Å². The number of carbonyl (C=O) groups excluding carboxylic acids is 2. The maximum atomic E-state index is 11.8. The molecule has 0 radical (unpaired) electrons. The van der Waals surface area contributed by atoms with E-state index in [9.17, 15) is 19.8 Å². The average Bonchev–Trinajstić information content (AvgIpc) is 2.43. The number of phenols is 1. The fourth-order valence-electron chi connectivity index (χ4n) is 2.48. The fraction of sp³-hybridized carbons (Fsp3) is 0.125. The quantitative estimate of drug-likeness (QED) is 0.688. The van der Waals surface area contributed by atoms with Crippen molar-refractivity contribution in [3.63, 3.8) is 0 Å². The molecule has 5 nitrogen and oxygen atoms in total. The Kier molecular flexibility index (Phi) is 3.10. The molecular weight excluding hydrogens is 270 g/mol. The van der Waals surface area contributed by atoms with Gasteiger partial charge >= 0.3 is 0 Å². The zero-order valence-electron chi connectivity index (χ0n) is 11.1. The van der Waals surface area contributed by atoms with E-state index in [4.69, 9.17) is 0 Å². The van der Waals surface area contributed by atoms with Gasteiger partial charge in [-0.05, 0) is 29.3 Å². The van der Waals surface area contributed by atoms with Gasteiger partial charge < -0.3 is 10.2 Å². The maximum absolute atomic E-state index is 11.8. The lowest BCUT2D eigenvalue weighted by Crippen LogP contribution is -2.37. The SMILES string of the molecule is O=C1CC2=C(CC(=Cc3ccc(O)cc3)C=C2O)C(=O)N1. The molecule has 0 bridgehead atoms. The summed E-state index contributed by atoms with van der Waals surface area (Å²) in [7, 11) is 0. The van der Waals surface area contributed by atoms with Crippen molar-refractivity contribution in [3.05, 3.63) is 58.4 Å². The third kappa shape index (κ3) is 2.58. The minimum atomic E-state index is -0.447. The molecule has 2 amide bonds.